The van der Waals surface area contributed by atoms with E-state index in [1.165, 1.54) is 28.0 Å². The molecule has 2 aliphatic heterocycles. The Kier molecular flexibility index (Phi) is 5.44. The van der Waals surface area contributed by atoms with Gasteiger partial charge in [-0.2, -0.15) is 18.4 Å². The Morgan fingerprint density at radius 2 is 1.78 bits per heavy atom. The van der Waals surface area contributed by atoms with Crippen LogP contribution in [0.3, 0.4) is 0 Å². The van der Waals surface area contributed by atoms with E-state index < -0.39 is 53.1 Å². The fourth-order valence-electron chi connectivity index (χ4n) is 4.29. The van der Waals surface area contributed by atoms with Crippen molar-refractivity contribution in [2.75, 3.05) is 23.0 Å². The van der Waals surface area contributed by atoms with E-state index in [0.717, 1.165) is 24.3 Å². The molecule has 32 heavy (non-hydrogen) atoms. The number of rotatable bonds is 3. The molecular weight excluding hydrogens is 434 g/mol. The van der Waals surface area contributed by atoms with E-state index in [1.54, 1.807) is 0 Å². The highest BCUT2D eigenvalue weighted by atomic mass is 19.4. The Balaban J connectivity index is 1.78. The first-order valence-corrected chi connectivity index (χ1v) is 9.60. The number of ether oxygens (including phenoxy) is 1. The highest BCUT2D eigenvalue weighted by Crippen LogP contribution is 2.41. The second-order valence-corrected chi connectivity index (χ2v) is 7.47. The number of alkyl halides is 3. The number of hydrogen-bond donors (Lipinski definition) is 2. The Bertz CT molecular complexity index is 1100. The number of carbonyl (C=O) groups is 1. The standard InChI is InChI=1S/C21H17F4N3O4/c22-16-8-13(3-4-14(16)19(29)30)27-17-5-6-32-10-18(17)28(20(27)31)12-2-1-11(9-26)15(7-12)21(23,24)25/h1-4,7-8,17-18,20,31H,5-6,10H2,(H,29,30)/t17-,18-,20?/m0/s1. The highest BCUT2D eigenvalue weighted by Gasteiger charge is 2.48. The second kappa shape index (κ2) is 7.96. The normalized spacial score (nSPS) is 23.1. The number of benzene rings is 2. The lowest BCUT2D eigenvalue weighted by Crippen LogP contribution is -2.45. The first kappa shape index (κ1) is 21.9. The number of hydrogen-bond acceptors (Lipinski definition) is 6. The summed E-state index contributed by atoms with van der Waals surface area (Å²) in [5, 5.41) is 29.2. The Morgan fingerprint density at radius 3 is 2.41 bits per heavy atom. The van der Waals surface area contributed by atoms with E-state index in [4.69, 9.17) is 15.1 Å². The smallest absolute Gasteiger partial charge is 0.417 e. The lowest BCUT2D eigenvalue weighted by atomic mass is 10.0. The predicted octanol–water partition coefficient (Wildman–Crippen LogP) is 3.17. The molecule has 2 heterocycles. The summed E-state index contributed by atoms with van der Waals surface area (Å²) in [7, 11) is 0. The topological polar surface area (TPSA) is 97.0 Å². The Labute approximate surface area is 179 Å². The van der Waals surface area contributed by atoms with Gasteiger partial charge in [0.2, 0.25) is 6.35 Å². The molecule has 4 rings (SSSR count). The van der Waals surface area contributed by atoms with Gasteiger partial charge in [0.15, 0.2) is 0 Å². The van der Waals surface area contributed by atoms with Crippen LogP contribution in [0.25, 0.3) is 0 Å². The molecule has 0 spiro atoms. The van der Waals surface area contributed by atoms with Crippen LogP contribution in [-0.2, 0) is 10.9 Å². The summed E-state index contributed by atoms with van der Waals surface area (Å²) >= 11 is 0. The molecule has 0 radical (unpaired) electrons. The van der Waals surface area contributed by atoms with Gasteiger partial charge in [-0.25, -0.2) is 9.18 Å². The van der Waals surface area contributed by atoms with Gasteiger partial charge < -0.3 is 24.7 Å². The van der Waals surface area contributed by atoms with E-state index >= 15 is 0 Å². The molecule has 11 heteroatoms. The third-order valence-corrected chi connectivity index (χ3v) is 5.71. The minimum absolute atomic E-state index is 0.0226. The molecule has 2 aromatic carbocycles. The van der Waals surface area contributed by atoms with Crippen LogP contribution in [0.4, 0.5) is 28.9 Å². The Morgan fingerprint density at radius 1 is 1.12 bits per heavy atom. The summed E-state index contributed by atoms with van der Waals surface area (Å²) in [6, 6.07) is 7.05. The molecular formula is C21H17F4N3O4. The molecule has 0 amide bonds. The van der Waals surface area contributed by atoms with Gasteiger partial charge in [0.1, 0.15) is 5.82 Å². The van der Waals surface area contributed by atoms with Gasteiger partial charge in [-0.15, -0.1) is 0 Å². The molecule has 0 aliphatic carbocycles. The number of carboxylic acids is 1. The lowest BCUT2D eigenvalue weighted by molar-refractivity contribution is -0.137. The fraction of sp³-hybridized carbons (Fsp3) is 0.333. The van der Waals surface area contributed by atoms with Crippen molar-refractivity contribution < 1.29 is 37.3 Å². The van der Waals surface area contributed by atoms with Crippen molar-refractivity contribution in [2.45, 2.75) is 31.0 Å². The molecule has 7 nitrogen and oxygen atoms in total. The zero-order valence-electron chi connectivity index (χ0n) is 16.4. The predicted molar refractivity (Wildman–Crippen MR) is 103 cm³/mol. The molecule has 2 saturated heterocycles. The number of nitrogens with zero attached hydrogens (tertiary/aromatic N) is 3. The maximum absolute atomic E-state index is 14.3. The molecule has 0 bridgehead atoms. The monoisotopic (exact) mass is 451 g/mol. The van der Waals surface area contributed by atoms with Gasteiger partial charge in [0.05, 0.1) is 41.5 Å². The van der Waals surface area contributed by atoms with Crippen LogP contribution in [0.5, 0.6) is 0 Å². The van der Waals surface area contributed by atoms with Gasteiger partial charge in [0.25, 0.3) is 0 Å². The molecule has 2 fully saturated rings. The summed E-state index contributed by atoms with van der Waals surface area (Å²) < 4.78 is 60.2. The van der Waals surface area contributed by atoms with E-state index in [0.29, 0.717) is 13.0 Å². The van der Waals surface area contributed by atoms with Crippen molar-refractivity contribution in [1.82, 2.24) is 0 Å². The summed E-state index contributed by atoms with van der Waals surface area (Å²) in [5.74, 6) is -2.44. The summed E-state index contributed by atoms with van der Waals surface area (Å²) in [4.78, 5) is 13.9. The summed E-state index contributed by atoms with van der Waals surface area (Å²) in [5.41, 5.74) is -2.01. The van der Waals surface area contributed by atoms with E-state index in [1.807, 2.05) is 0 Å². The maximum atomic E-state index is 14.3. The molecule has 168 valence electrons. The van der Waals surface area contributed by atoms with E-state index in [2.05, 4.69) is 0 Å². The molecule has 0 aromatic heterocycles. The molecule has 2 N–H and O–H groups in total. The van der Waals surface area contributed by atoms with Crippen LogP contribution in [0.2, 0.25) is 0 Å². The minimum Gasteiger partial charge on any atom is -0.478 e. The maximum Gasteiger partial charge on any atom is 0.417 e. The highest BCUT2D eigenvalue weighted by molar-refractivity contribution is 5.88. The van der Waals surface area contributed by atoms with Gasteiger partial charge in [-0.05, 0) is 42.8 Å². The second-order valence-electron chi connectivity index (χ2n) is 7.47. The number of carboxylic acid groups (broad SMARTS) is 1. The van der Waals surface area contributed by atoms with Crippen molar-refractivity contribution in [3.63, 3.8) is 0 Å². The molecule has 1 unspecified atom stereocenters. The Hall–Kier alpha value is -3.36. The van der Waals surface area contributed by atoms with Crippen LogP contribution >= 0.6 is 0 Å². The van der Waals surface area contributed by atoms with Crippen LogP contribution in [0.1, 0.15) is 27.9 Å². The third-order valence-electron chi connectivity index (χ3n) is 5.71. The van der Waals surface area contributed by atoms with Gasteiger partial charge in [-0.3, -0.25) is 0 Å². The molecule has 2 aliphatic rings. The number of aromatic carboxylic acids is 1. The lowest BCUT2D eigenvalue weighted by Gasteiger charge is -2.32. The summed E-state index contributed by atoms with van der Waals surface area (Å²) in [6.45, 7) is 0.435. The van der Waals surface area contributed by atoms with Crippen molar-refractivity contribution in [3.05, 3.63) is 58.9 Å². The molecule has 0 saturated carbocycles. The van der Waals surface area contributed by atoms with Crippen molar-refractivity contribution >= 4 is 17.3 Å². The average Bonchev–Trinajstić information content (AvgIpc) is 3.04. The number of anilines is 2. The SMILES string of the molecule is N#Cc1ccc(N2C(O)N(c3ccc(C(=O)O)c(F)c3)[C@H]3CCOC[C@@H]32)cc1C(F)(F)F. The van der Waals surface area contributed by atoms with Crippen molar-refractivity contribution in [3.8, 4) is 6.07 Å². The minimum atomic E-state index is -4.77. The zero-order chi connectivity index (χ0) is 23.2. The molecule has 2 aromatic rings. The van der Waals surface area contributed by atoms with Crippen molar-refractivity contribution in [1.29, 1.82) is 5.26 Å². The fourth-order valence-corrected chi connectivity index (χ4v) is 4.29. The van der Waals surface area contributed by atoms with Crippen LogP contribution in [-0.4, -0.2) is 47.8 Å². The number of fused-ring (bicyclic) bond motifs is 1. The number of nitriles is 1. The van der Waals surface area contributed by atoms with Crippen LogP contribution in [0, 0.1) is 17.1 Å². The largest absolute Gasteiger partial charge is 0.478 e. The van der Waals surface area contributed by atoms with Crippen molar-refractivity contribution in [2.24, 2.45) is 0 Å². The van der Waals surface area contributed by atoms with E-state index in [-0.39, 0.29) is 18.0 Å². The summed E-state index contributed by atoms with van der Waals surface area (Å²) in [6.07, 6.45) is -5.84. The zero-order valence-corrected chi connectivity index (χ0v) is 16.4. The van der Waals surface area contributed by atoms with Gasteiger partial charge in [0, 0.05) is 18.0 Å². The molecule has 3 atom stereocenters. The number of aliphatic hydroxyl groups excluding tert-OH is 1. The quantitative estimate of drug-likeness (QED) is 0.692. The van der Waals surface area contributed by atoms with Gasteiger partial charge >= 0.3 is 12.1 Å². The third kappa shape index (κ3) is 3.61. The number of halogens is 4. The number of aliphatic hydroxyl groups is 1. The average molecular weight is 451 g/mol. The first-order valence-electron chi connectivity index (χ1n) is 9.60. The first-order chi connectivity index (χ1) is 15.1. The van der Waals surface area contributed by atoms with Crippen LogP contribution < -0.4 is 9.80 Å². The van der Waals surface area contributed by atoms with Crippen LogP contribution in [0.15, 0.2) is 36.4 Å². The van der Waals surface area contributed by atoms with Gasteiger partial charge in [-0.1, -0.05) is 0 Å². The van der Waals surface area contributed by atoms with E-state index in [9.17, 15) is 27.5 Å².